The van der Waals surface area contributed by atoms with E-state index >= 15 is 0 Å². The number of aromatic nitrogens is 2. The number of hydrogen-bond donors (Lipinski definition) is 2. The lowest BCUT2D eigenvalue weighted by Crippen LogP contribution is -2.29. The van der Waals surface area contributed by atoms with Gasteiger partial charge in [0.15, 0.2) is 23.9 Å². The summed E-state index contributed by atoms with van der Waals surface area (Å²) < 4.78 is 49.8. The second-order valence-corrected chi connectivity index (χ2v) is 7.77. The quantitative estimate of drug-likeness (QED) is 0.341. The van der Waals surface area contributed by atoms with Crippen LogP contribution in [0, 0.1) is 0 Å². The van der Waals surface area contributed by atoms with Gasteiger partial charge in [0.2, 0.25) is 0 Å². The largest absolute Gasteiger partial charge is 0.493 e. The number of methoxy groups -OCH3 is 1. The van der Waals surface area contributed by atoms with E-state index in [1.165, 1.54) is 13.2 Å². The van der Waals surface area contributed by atoms with E-state index in [2.05, 4.69) is 20.6 Å². The Balaban J connectivity index is 1.44. The molecular weight excluding hydrogens is 473 g/mol. The minimum absolute atomic E-state index is 0.0389. The molecule has 4 rings (SSSR count). The number of nitrogens with one attached hydrogen (secondary N) is 2. The first-order valence-electron chi connectivity index (χ1n) is 11.0. The minimum Gasteiger partial charge on any atom is -0.493 e. The van der Waals surface area contributed by atoms with Crippen molar-refractivity contribution in [1.82, 2.24) is 15.3 Å². The summed E-state index contributed by atoms with van der Waals surface area (Å²) in [5.74, 6) is 1.37. The Morgan fingerprint density at radius 2 is 1.67 bits per heavy atom. The van der Waals surface area contributed by atoms with Crippen LogP contribution in [0.2, 0.25) is 0 Å². The van der Waals surface area contributed by atoms with Crippen molar-refractivity contribution in [3.63, 3.8) is 0 Å². The molecule has 1 heterocycles. The van der Waals surface area contributed by atoms with Gasteiger partial charge in [-0.3, -0.25) is 4.79 Å². The molecule has 10 heteroatoms. The maximum absolute atomic E-state index is 13.0. The fourth-order valence-electron chi connectivity index (χ4n) is 3.49. The monoisotopic (exact) mass is 496 g/mol. The second kappa shape index (κ2) is 10.9. The van der Waals surface area contributed by atoms with Crippen LogP contribution in [0.15, 0.2) is 72.8 Å². The molecule has 0 unspecified atom stereocenters. The van der Waals surface area contributed by atoms with Crippen molar-refractivity contribution in [3.05, 3.63) is 89.7 Å². The third-order valence-corrected chi connectivity index (χ3v) is 5.24. The minimum atomic E-state index is -4.42. The van der Waals surface area contributed by atoms with Gasteiger partial charge in [-0.15, -0.1) is 0 Å². The maximum atomic E-state index is 13.0. The lowest BCUT2D eigenvalue weighted by atomic mass is 10.1. The average molecular weight is 496 g/mol. The summed E-state index contributed by atoms with van der Waals surface area (Å²) in [6.45, 7) is -0.0602. The summed E-state index contributed by atoms with van der Waals surface area (Å²) >= 11 is 0. The van der Waals surface area contributed by atoms with Gasteiger partial charge in [0, 0.05) is 11.9 Å². The number of hydrogen-bond acceptors (Lipinski definition) is 6. The number of amides is 1. The number of fused-ring (bicyclic) bond motifs is 1. The molecule has 0 aliphatic rings. The van der Waals surface area contributed by atoms with Crippen LogP contribution in [0.5, 0.6) is 11.5 Å². The molecule has 1 aromatic heterocycles. The summed E-state index contributed by atoms with van der Waals surface area (Å²) in [5, 5.41) is 6.52. The zero-order valence-corrected chi connectivity index (χ0v) is 19.3. The average Bonchev–Trinajstić information content (AvgIpc) is 2.89. The predicted octanol–water partition coefficient (Wildman–Crippen LogP) is 4.96. The van der Waals surface area contributed by atoms with Gasteiger partial charge in [-0.05, 0) is 42.0 Å². The van der Waals surface area contributed by atoms with E-state index in [4.69, 9.17) is 9.47 Å². The van der Waals surface area contributed by atoms with Crippen LogP contribution in [-0.2, 0) is 24.1 Å². The number of rotatable bonds is 9. The van der Waals surface area contributed by atoms with Gasteiger partial charge >= 0.3 is 6.18 Å². The molecule has 0 aliphatic heterocycles. The Hall–Kier alpha value is -4.34. The second-order valence-electron chi connectivity index (χ2n) is 7.77. The Bertz CT molecular complexity index is 1360. The van der Waals surface area contributed by atoms with Crippen molar-refractivity contribution >= 4 is 22.6 Å². The van der Waals surface area contributed by atoms with E-state index in [0.717, 1.165) is 12.1 Å². The zero-order valence-electron chi connectivity index (χ0n) is 19.3. The Morgan fingerprint density at radius 3 is 2.44 bits per heavy atom. The van der Waals surface area contributed by atoms with Crippen LogP contribution in [0.1, 0.15) is 17.0 Å². The molecule has 7 nitrogen and oxygen atoms in total. The van der Waals surface area contributed by atoms with Gasteiger partial charge < -0.3 is 20.1 Å². The normalized spacial score (nSPS) is 11.2. The molecule has 3 aromatic carbocycles. The van der Waals surface area contributed by atoms with Crippen LogP contribution in [0.4, 0.5) is 19.0 Å². The topological polar surface area (TPSA) is 85.4 Å². The number of halogens is 3. The molecule has 186 valence electrons. The Morgan fingerprint density at radius 1 is 0.917 bits per heavy atom. The van der Waals surface area contributed by atoms with Crippen molar-refractivity contribution in [2.24, 2.45) is 0 Å². The summed E-state index contributed by atoms with van der Waals surface area (Å²) in [6.07, 6.45) is -4.42. The van der Waals surface area contributed by atoms with E-state index in [1.807, 2.05) is 18.2 Å². The smallest absolute Gasteiger partial charge is 0.416 e. The molecule has 0 saturated heterocycles. The Labute approximate surface area is 205 Å². The zero-order chi connectivity index (χ0) is 25.5. The number of nitrogens with zero attached hydrogens (tertiary/aromatic N) is 2. The summed E-state index contributed by atoms with van der Waals surface area (Å²) in [6, 6.07) is 19.3. The van der Waals surface area contributed by atoms with Crippen LogP contribution < -0.4 is 20.1 Å². The van der Waals surface area contributed by atoms with Gasteiger partial charge in [-0.25, -0.2) is 9.97 Å². The molecule has 0 aliphatic carbocycles. The molecular formula is C26H23F3N4O3. The molecule has 0 bridgehead atoms. The van der Waals surface area contributed by atoms with Crippen LogP contribution in [0.25, 0.3) is 10.9 Å². The molecule has 4 aromatic rings. The standard InChI is InChI=1S/C26H23F3N4O3/c1-35-21-11-4-5-12-22(21)36-16-24(34)30-15-23-32-20-10-3-2-9-19(20)25(33-23)31-14-17-7-6-8-18(13-17)26(27,28)29/h2-13H,14-16H2,1H3,(H,30,34)(H,31,32,33). The number of alkyl halides is 3. The highest BCUT2D eigenvalue weighted by Gasteiger charge is 2.30. The highest BCUT2D eigenvalue weighted by atomic mass is 19.4. The summed E-state index contributed by atoms with van der Waals surface area (Å²) in [7, 11) is 1.51. The van der Waals surface area contributed by atoms with Crippen molar-refractivity contribution in [2.45, 2.75) is 19.3 Å². The van der Waals surface area contributed by atoms with Crippen molar-refractivity contribution in [1.29, 1.82) is 0 Å². The number of anilines is 1. The molecule has 36 heavy (non-hydrogen) atoms. The molecule has 0 atom stereocenters. The third-order valence-electron chi connectivity index (χ3n) is 5.24. The molecule has 0 fully saturated rings. The first-order valence-corrected chi connectivity index (χ1v) is 11.0. The number of benzene rings is 3. The van der Waals surface area contributed by atoms with Gasteiger partial charge in [0.1, 0.15) is 5.82 Å². The van der Waals surface area contributed by atoms with Gasteiger partial charge in [0.05, 0.1) is 24.7 Å². The molecule has 2 N–H and O–H groups in total. The molecule has 0 saturated carbocycles. The maximum Gasteiger partial charge on any atom is 0.416 e. The van der Waals surface area contributed by atoms with Gasteiger partial charge in [-0.2, -0.15) is 13.2 Å². The van der Waals surface area contributed by atoms with Crippen LogP contribution in [0.3, 0.4) is 0 Å². The van der Waals surface area contributed by atoms with Gasteiger partial charge in [0.25, 0.3) is 5.91 Å². The lowest BCUT2D eigenvalue weighted by Gasteiger charge is -2.13. The predicted molar refractivity (Wildman–Crippen MR) is 129 cm³/mol. The van der Waals surface area contributed by atoms with E-state index in [0.29, 0.717) is 39.6 Å². The highest BCUT2D eigenvalue weighted by Crippen LogP contribution is 2.30. The van der Waals surface area contributed by atoms with Crippen LogP contribution >= 0.6 is 0 Å². The van der Waals surface area contributed by atoms with Crippen molar-refractivity contribution in [2.75, 3.05) is 19.0 Å². The van der Waals surface area contributed by atoms with E-state index < -0.39 is 11.7 Å². The summed E-state index contributed by atoms with van der Waals surface area (Å²) in [5.41, 5.74) is 0.373. The number of ether oxygens (including phenoxy) is 2. The Kier molecular flexibility index (Phi) is 7.53. The molecule has 1 amide bonds. The van der Waals surface area contributed by atoms with Crippen LogP contribution in [-0.4, -0.2) is 29.6 Å². The van der Waals surface area contributed by atoms with E-state index in [9.17, 15) is 18.0 Å². The first kappa shape index (κ1) is 24.8. The fourth-order valence-corrected chi connectivity index (χ4v) is 3.49. The molecule has 0 radical (unpaired) electrons. The third kappa shape index (κ3) is 6.21. The molecule has 0 spiro atoms. The first-order chi connectivity index (χ1) is 17.3. The van der Waals surface area contributed by atoms with Gasteiger partial charge in [-0.1, -0.05) is 36.4 Å². The van der Waals surface area contributed by atoms with Crippen molar-refractivity contribution < 1.29 is 27.4 Å². The number of carbonyl (C=O) groups is 1. The SMILES string of the molecule is COc1ccccc1OCC(=O)NCc1nc(NCc2cccc(C(F)(F)F)c2)c2ccccc2n1. The highest BCUT2D eigenvalue weighted by molar-refractivity contribution is 5.89. The van der Waals surface area contributed by atoms with Crippen molar-refractivity contribution in [3.8, 4) is 11.5 Å². The lowest BCUT2D eigenvalue weighted by molar-refractivity contribution is -0.137. The van der Waals surface area contributed by atoms with E-state index in [1.54, 1.807) is 36.4 Å². The number of carbonyl (C=O) groups excluding carboxylic acids is 1. The van der Waals surface area contributed by atoms with E-state index in [-0.39, 0.29) is 25.6 Å². The summed E-state index contributed by atoms with van der Waals surface area (Å²) in [4.78, 5) is 21.3. The fraction of sp³-hybridized carbons (Fsp3) is 0.192. The number of para-hydroxylation sites is 3.